The molecule has 6 nitrogen and oxygen atoms in total. The summed E-state index contributed by atoms with van der Waals surface area (Å²) in [6.45, 7) is 0. The number of urea groups is 1. The first-order valence-electron chi connectivity index (χ1n) is 5.59. The molecular weight excluding hydrogens is 282 g/mol. The summed E-state index contributed by atoms with van der Waals surface area (Å²) in [5, 5.41) is 14.3. The summed E-state index contributed by atoms with van der Waals surface area (Å²) in [7, 11) is 0. The predicted octanol–water partition coefficient (Wildman–Crippen LogP) is 3.08. The summed E-state index contributed by atoms with van der Waals surface area (Å²) in [5.41, 5.74) is 0.291. The minimum absolute atomic E-state index is 0.101. The van der Waals surface area contributed by atoms with Crippen LogP contribution in [0.25, 0.3) is 0 Å². The molecule has 0 saturated carbocycles. The van der Waals surface area contributed by atoms with Crippen molar-refractivity contribution >= 4 is 35.0 Å². The van der Waals surface area contributed by atoms with E-state index >= 15 is 0 Å². The largest absolute Gasteiger partial charge is 0.476 e. The van der Waals surface area contributed by atoms with Gasteiger partial charge in [0.1, 0.15) is 0 Å². The molecule has 1 aromatic heterocycles. The Morgan fingerprint density at radius 3 is 2.40 bits per heavy atom. The maximum absolute atomic E-state index is 11.8. The molecule has 2 amide bonds. The Hall–Kier alpha value is -2.60. The van der Waals surface area contributed by atoms with Gasteiger partial charge in [-0.05, 0) is 24.3 Å². The van der Waals surface area contributed by atoms with Gasteiger partial charge in [0.2, 0.25) is 0 Å². The topological polar surface area (TPSA) is 91.3 Å². The van der Waals surface area contributed by atoms with Crippen molar-refractivity contribution in [1.82, 2.24) is 4.98 Å². The van der Waals surface area contributed by atoms with Crippen LogP contribution in [0.5, 0.6) is 0 Å². The van der Waals surface area contributed by atoms with Crippen molar-refractivity contribution in [3.8, 4) is 0 Å². The van der Waals surface area contributed by atoms with Crippen molar-refractivity contribution in [2.45, 2.75) is 0 Å². The van der Waals surface area contributed by atoms with Crippen molar-refractivity contribution in [2.24, 2.45) is 0 Å². The van der Waals surface area contributed by atoms with Crippen LogP contribution in [0, 0.1) is 0 Å². The van der Waals surface area contributed by atoms with Crippen LogP contribution in [-0.4, -0.2) is 22.1 Å². The Bertz CT molecular complexity index is 661. The monoisotopic (exact) mass is 291 g/mol. The second-order valence-electron chi connectivity index (χ2n) is 3.76. The molecule has 0 radical (unpaired) electrons. The highest BCUT2D eigenvalue weighted by Gasteiger charge is 2.13. The minimum Gasteiger partial charge on any atom is -0.476 e. The fraction of sp³-hybridized carbons (Fsp3) is 0. The quantitative estimate of drug-likeness (QED) is 0.810. The van der Waals surface area contributed by atoms with Gasteiger partial charge in [-0.3, -0.25) is 0 Å². The SMILES string of the molecule is O=C(Nc1ccccc1Cl)Nc1cccnc1C(=O)O. The molecule has 20 heavy (non-hydrogen) atoms. The van der Waals surface area contributed by atoms with E-state index in [2.05, 4.69) is 15.6 Å². The van der Waals surface area contributed by atoms with E-state index in [1.165, 1.54) is 18.3 Å². The molecule has 0 aliphatic rings. The fourth-order valence-electron chi connectivity index (χ4n) is 1.52. The third-order valence-electron chi connectivity index (χ3n) is 2.38. The van der Waals surface area contributed by atoms with E-state index in [-0.39, 0.29) is 11.4 Å². The van der Waals surface area contributed by atoms with Crippen LogP contribution >= 0.6 is 11.6 Å². The number of anilines is 2. The molecule has 0 bridgehead atoms. The zero-order valence-electron chi connectivity index (χ0n) is 10.1. The minimum atomic E-state index is -1.22. The van der Waals surface area contributed by atoms with Gasteiger partial charge in [0.15, 0.2) is 5.69 Å². The van der Waals surface area contributed by atoms with Gasteiger partial charge in [-0.1, -0.05) is 23.7 Å². The lowest BCUT2D eigenvalue weighted by Gasteiger charge is -2.10. The van der Waals surface area contributed by atoms with Crippen LogP contribution in [0.15, 0.2) is 42.6 Å². The first-order chi connectivity index (χ1) is 9.58. The molecule has 0 unspecified atom stereocenters. The highest BCUT2D eigenvalue weighted by atomic mass is 35.5. The van der Waals surface area contributed by atoms with E-state index in [0.29, 0.717) is 10.7 Å². The maximum Gasteiger partial charge on any atom is 0.356 e. The van der Waals surface area contributed by atoms with E-state index in [9.17, 15) is 9.59 Å². The molecular formula is C13H10ClN3O3. The number of aromatic carboxylic acids is 1. The van der Waals surface area contributed by atoms with Gasteiger partial charge in [0.05, 0.1) is 16.4 Å². The van der Waals surface area contributed by atoms with Crippen LogP contribution in [0.4, 0.5) is 16.2 Å². The van der Waals surface area contributed by atoms with Crippen LogP contribution in [0.2, 0.25) is 5.02 Å². The van der Waals surface area contributed by atoms with Crippen molar-refractivity contribution in [1.29, 1.82) is 0 Å². The lowest BCUT2D eigenvalue weighted by atomic mass is 10.3. The number of carbonyl (C=O) groups excluding carboxylic acids is 1. The van der Waals surface area contributed by atoms with Crippen LogP contribution in [0.1, 0.15) is 10.5 Å². The average Bonchev–Trinajstić information content (AvgIpc) is 2.41. The first kappa shape index (κ1) is 13.8. The lowest BCUT2D eigenvalue weighted by Crippen LogP contribution is -2.21. The molecule has 0 aliphatic heterocycles. The fourth-order valence-corrected chi connectivity index (χ4v) is 1.70. The molecule has 1 heterocycles. The number of carboxylic acids is 1. The van der Waals surface area contributed by atoms with E-state index in [1.807, 2.05) is 0 Å². The summed E-state index contributed by atoms with van der Waals surface area (Å²) in [4.78, 5) is 26.5. The van der Waals surface area contributed by atoms with E-state index in [4.69, 9.17) is 16.7 Å². The van der Waals surface area contributed by atoms with Gasteiger partial charge in [0.25, 0.3) is 0 Å². The van der Waals surface area contributed by atoms with Gasteiger partial charge in [0, 0.05) is 6.20 Å². The second kappa shape index (κ2) is 6.03. The van der Waals surface area contributed by atoms with Gasteiger partial charge in [-0.2, -0.15) is 0 Å². The van der Waals surface area contributed by atoms with Crippen LogP contribution in [-0.2, 0) is 0 Å². The standard InChI is InChI=1S/C13H10ClN3O3/c14-8-4-1-2-5-9(8)16-13(20)17-10-6-3-7-15-11(10)12(18)19/h1-7H,(H,18,19)(H2,16,17,20). The number of nitrogens with zero attached hydrogens (tertiary/aromatic N) is 1. The lowest BCUT2D eigenvalue weighted by molar-refractivity contribution is 0.0692. The number of benzene rings is 1. The van der Waals surface area contributed by atoms with Crippen molar-refractivity contribution in [3.05, 3.63) is 53.3 Å². The zero-order chi connectivity index (χ0) is 14.5. The Morgan fingerprint density at radius 2 is 1.70 bits per heavy atom. The second-order valence-corrected chi connectivity index (χ2v) is 4.17. The number of rotatable bonds is 3. The maximum atomic E-state index is 11.8. The number of halogens is 1. The van der Waals surface area contributed by atoms with Crippen molar-refractivity contribution in [3.63, 3.8) is 0 Å². The third-order valence-corrected chi connectivity index (χ3v) is 2.71. The molecule has 102 valence electrons. The summed E-state index contributed by atoms with van der Waals surface area (Å²) < 4.78 is 0. The molecule has 0 saturated heterocycles. The average molecular weight is 292 g/mol. The number of nitrogens with one attached hydrogen (secondary N) is 2. The van der Waals surface area contributed by atoms with Gasteiger partial charge >= 0.3 is 12.0 Å². The molecule has 0 fully saturated rings. The number of pyridine rings is 1. The number of carbonyl (C=O) groups is 2. The molecule has 1 aromatic carbocycles. The van der Waals surface area contributed by atoms with E-state index in [0.717, 1.165) is 0 Å². The number of amides is 2. The molecule has 0 aliphatic carbocycles. The summed E-state index contributed by atoms with van der Waals surface area (Å²) in [6.07, 6.45) is 1.33. The Kier molecular flexibility index (Phi) is 4.17. The zero-order valence-corrected chi connectivity index (χ0v) is 10.9. The smallest absolute Gasteiger partial charge is 0.356 e. The number of carboxylic acid groups (broad SMARTS) is 1. The predicted molar refractivity (Wildman–Crippen MR) is 75.3 cm³/mol. The Labute approximate surface area is 119 Å². The van der Waals surface area contributed by atoms with Gasteiger partial charge in [-0.25, -0.2) is 14.6 Å². The Morgan fingerprint density at radius 1 is 1.05 bits per heavy atom. The number of para-hydroxylation sites is 1. The highest BCUT2D eigenvalue weighted by molar-refractivity contribution is 6.33. The van der Waals surface area contributed by atoms with Crippen LogP contribution in [0.3, 0.4) is 0 Å². The summed E-state index contributed by atoms with van der Waals surface area (Å²) in [5.74, 6) is -1.22. The number of hydrogen-bond donors (Lipinski definition) is 3. The number of hydrogen-bond acceptors (Lipinski definition) is 3. The normalized spacial score (nSPS) is 9.85. The van der Waals surface area contributed by atoms with E-state index < -0.39 is 12.0 Å². The van der Waals surface area contributed by atoms with Gasteiger partial charge < -0.3 is 15.7 Å². The molecule has 0 atom stereocenters. The van der Waals surface area contributed by atoms with Crippen LogP contribution < -0.4 is 10.6 Å². The molecule has 2 aromatic rings. The number of aromatic nitrogens is 1. The molecule has 3 N–H and O–H groups in total. The summed E-state index contributed by atoms with van der Waals surface area (Å²) in [6, 6.07) is 9.07. The van der Waals surface area contributed by atoms with Gasteiger partial charge in [-0.15, -0.1) is 0 Å². The van der Waals surface area contributed by atoms with Crippen molar-refractivity contribution < 1.29 is 14.7 Å². The highest BCUT2D eigenvalue weighted by Crippen LogP contribution is 2.21. The van der Waals surface area contributed by atoms with E-state index in [1.54, 1.807) is 24.3 Å². The first-order valence-corrected chi connectivity index (χ1v) is 5.96. The molecule has 2 rings (SSSR count). The molecule has 0 spiro atoms. The molecule has 7 heteroatoms. The Balaban J connectivity index is 2.13. The van der Waals surface area contributed by atoms with Crippen molar-refractivity contribution in [2.75, 3.05) is 10.6 Å². The summed E-state index contributed by atoms with van der Waals surface area (Å²) >= 11 is 5.90. The third kappa shape index (κ3) is 3.24.